The van der Waals surface area contributed by atoms with Crippen LogP contribution in [0.2, 0.25) is 0 Å². The zero-order chi connectivity index (χ0) is 14.9. The number of nitrogens with zero attached hydrogens (tertiary/aromatic N) is 1. The zero-order valence-electron chi connectivity index (χ0n) is 11.7. The fourth-order valence-corrected chi connectivity index (χ4v) is 3.22. The van der Waals surface area contributed by atoms with Gasteiger partial charge in [-0.05, 0) is 36.6 Å². The van der Waals surface area contributed by atoms with Gasteiger partial charge in [0.25, 0.3) is 5.91 Å². The summed E-state index contributed by atoms with van der Waals surface area (Å²) in [6, 6.07) is 6.07. The van der Waals surface area contributed by atoms with Gasteiger partial charge in [0.05, 0.1) is 4.90 Å². The van der Waals surface area contributed by atoms with Crippen molar-refractivity contribution in [3.8, 4) is 0 Å². The van der Waals surface area contributed by atoms with Gasteiger partial charge in [-0.2, -0.15) is 0 Å². The van der Waals surface area contributed by atoms with Crippen molar-refractivity contribution >= 4 is 15.7 Å². The van der Waals surface area contributed by atoms with Gasteiger partial charge in [0.15, 0.2) is 9.84 Å². The molecule has 0 aromatic heterocycles. The van der Waals surface area contributed by atoms with Crippen molar-refractivity contribution in [1.29, 1.82) is 0 Å². The molecule has 2 rings (SSSR count). The van der Waals surface area contributed by atoms with Crippen LogP contribution < -0.4 is 5.73 Å². The number of nitrogens with two attached hydrogens (primary N) is 1. The molecule has 1 aromatic carbocycles. The molecular weight excluding hydrogens is 276 g/mol. The lowest BCUT2D eigenvalue weighted by atomic mass is 9.96. The first kappa shape index (κ1) is 15.0. The maximum absolute atomic E-state index is 12.4. The molecule has 1 heterocycles. The molecule has 0 bridgehead atoms. The quantitative estimate of drug-likeness (QED) is 0.879. The molecule has 110 valence electrons. The molecule has 5 nitrogen and oxygen atoms in total. The van der Waals surface area contributed by atoms with Gasteiger partial charge in [-0.25, -0.2) is 8.42 Å². The summed E-state index contributed by atoms with van der Waals surface area (Å²) >= 11 is 0. The van der Waals surface area contributed by atoms with E-state index < -0.39 is 9.84 Å². The van der Waals surface area contributed by atoms with E-state index in [1.165, 1.54) is 12.1 Å². The number of carbonyl (C=O) groups excluding carboxylic acids is 1. The van der Waals surface area contributed by atoms with Crippen molar-refractivity contribution < 1.29 is 13.2 Å². The topological polar surface area (TPSA) is 80.5 Å². The zero-order valence-corrected chi connectivity index (χ0v) is 12.6. The third-order valence-electron chi connectivity index (χ3n) is 3.51. The first-order chi connectivity index (χ1) is 9.27. The first-order valence-electron chi connectivity index (χ1n) is 6.62. The van der Waals surface area contributed by atoms with E-state index in [1.807, 2.05) is 0 Å². The monoisotopic (exact) mass is 296 g/mol. The van der Waals surface area contributed by atoms with Crippen molar-refractivity contribution in [3.05, 3.63) is 29.8 Å². The van der Waals surface area contributed by atoms with Gasteiger partial charge in [-0.15, -0.1) is 0 Å². The SMILES string of the molecule is CC1CC(N)CN(C(=O)c2ccc(S(C)(=O)=O)cc2)C1. The maximum Gasteiger partial charge on any atom is 0.253 e. The summed E-state index contributed by atoms with van der Waals surface area (Å²) in [5, 5.41) is 0. The van der Waals surface area contributed by atoms with E-state index in [2.05, 4.69) is 6.92 Å². The highest BCUT2D eigenvalue weighted by Crippen LogP contribution is 2.18. The Hall–Kier alpha value is -1.40. The van der Waals surface area contributed by atoms with E-state index >= 15 is 0 Å². The van der Waals surface area contributed by atoms with Crippen LogP contribution in [0.3, 0.4) is 0 Å². The predicted molar refractivity (Wildman–Crippen MR) is 77.2 cm³/mol. The molecule has 0 aliphatic carbocycles. The summed E-state index contributed by atoms with van der Waals surface area (Å²) < 4.78 is 22.8. The molecule has 1 aromatic rings. The van der Waals surface area contributed by atoms with Crippen LogP contribution in [-0.4, -0.2) is 44.6 Å². The third kappa shape index (κ3) is 3.37. The second-order valence-corrected chi connectivity index (χ2v) is 7.62. The molecule has 2 N–H and O–H groups in total. The number of piperidine rings is 1. The molecular formula is C14H20N2O3S. The Morgan fingerprint density at radius 1 is 1.25 bits per heavy atom. The van der Waals surface area contributed by atoms with Crippen molar-refractivity contribution in [3.63, 3.8) is 0 Å². The first-order valence-corrected chi connectivity index (χ1v) is 8.51. The fourth-order valence-electron chi connectivity index (χ4n) is 2.59. The Kier molecular flexibility index (Phi) is 4.15. The van der Waals surface area contributed by atoms with Crippen LogP contribution in [0.4, 0.5) is 0 Å². The van der Waals surface area contributed by atoms with Gasteiger partial charge in [-0.1, -0.05) is 6.92 Å². The number of hydrogen-bond donors (Lipinski definition) is 1. The van der Waals surface area contributed by atoms with E-state index in [-0.39, 0.29) is 16.8 Å². The standard InChI is InChI=1S/C14H20N2O3S/c1-10-7-12(15)9-16(8-10)14(17)11-3-5-13(6-4-11)20(2,18)19/h3-6,10,12H,7-9,15H2,1-2H3. The molecule has 1 saturated heterocycles. The number of amides is 1. The highest BCUT2D eigenvalue weighted by Gasteiger charge is 2.26. The Morgan fingerprint density at radius 2 is 1.85 bits per heavy atom. The van der Waals surface area contributed by atoms with Gasteiger partial charge in [0.1, 0.15) is 0 Å². The smallest absolute Gasteiger partial charge is 0.253 e. The Morgan fingerprint density at radius 3 is 2.35 bits per heavy atom. The van der Waals surface area contributed by atoms with Gasteiger partial charge in [-0.3, -0.25) is 4.79 Å². The number of sulfone groups is 1. The average molecular weight is 296 g/mol. The molecule has 1 amide bonds. The predicted octanol–water partition coefficient (Wildman–Crippen LogP) is 0.899. The van der Waals surface area contributed by atoms with Crippen molar-refractivity contribution in [2.45, 2.75) is 24.3 Å². The van der Waals surface area contributed by atoms with Gasteiger partial charge in [0.2, 0.25) is 0 Å². The number of hydrogen-bond acceptors (Lipinski definition) is 4. The molecule has 0 radical (unpaired) electrons. The number of carbonyl (C=O) groups is 1. The van der Waals surface area contributed by atoms with Crippen LogP contribution in [0.1, 0.15) is 23.7 Å². The van der Waals surface area contributed by atoms with Crippen molar-refractivity contribution in [2.75, 3.05) is 19.3 Å². The van der Waals surface area contributed by atoms with Crippen LogP contribution in [0.5, 0.6) is 0 Å². The molecule has 20 heavy (non-hydrogen) atoms. The minimum absolute atomic E-state index is 0.0120. The van der Waals surface area contributed by atoms with E-state index in [1.54, 1.807) is 17.0 Å². The molecule has 2 atom stereocenters. The van der Waals surface area contributed by atoms with Crippen molar-refractivity contribution in [1.82, 2.24) is 4.90 Å². The maximum atomic E-state index is 12.4. The van der Waals surface area contributed by atoms with Crippen LogP contribution in [-0.2, 0) is 9.84 Å². The van der Waals surface area contributed by atoms with E-state index in [9.17, 15) is 13.2 Å². The lowest BCUT2D eigenvalue weighted by Crippen LogP contribution is -2.48. The summed E-state index contributed by atoms with van der Waals surface area (Å²) in [5.74, 6) is 0.296. The Labute approximate surface area is 119 Å². The highest BCUT2D eigenvalue weighted by molar-refractivity contribution is 7.90. The number of benzene rings is 1. The molecule has 0 spiro atoms. The summed E-state index contributed by atoms with van der Waals surface area (Å²) in [7, 11) is -3.23. The van der Waals surface area contributed by atoms with E-state index in [0.29, 0.717) is 24.6 Å². The van der Waals surface area contributed by atoms with Gasteiger partial charge in [0, 0.05) is 31.0 Å². The average Bonchev–Trinajstić information content (AvgIpc) is 2.36. The van der Waals surface area contributed by atoms with E-state index in [4.69, 9.17) is 5.73 Å². The van der Waals surface area contributed by atoms with Crippen LogP contribution >= 0.6 is 0 Å². The minimum atomic E-state index is -3.23. The van der Waals surface area contributed by atoms with Gasteiger partial charge >= 0.3 is 0 Å². The number of rotatable bonds is 2. The molecule has 6 heteroatoms. The second kappa shape index (κ2) is 5.54. The van der Waals surface area contributed by atoms with Crippen LogP contribution in [0, 0.1) is 5.92 Å². The second-order valence-electron chi connectivity index (χ2n) is 5.61. The fraction of sp³-hybridized carbons (Fsp3) is 0.500. The lowest BCUT2D eigenvalue weighted by Gasteiger charge is -2.34. The van der Waals surface area contributed by atoms with E-state index in [0.717, 1.165) is 12.7 Å². The largest absolute Gasteiger partial charge is 0.337 e. The van der Waals surface area contributed by atoms with Gasteiger partial charge < -0.3 is 10.6 Å². The molecule has 2 unspecified atom stereocenters. The summed E-state index contributed by atoms with van der Waals surface area (Å²) in [5.41, 5.74) is 6.44. The Balaban J connectivity index is 2.17. The summed E-state index contributed by atoms with van der Waals surface area (Å²) in [4.78, 5) is 14.3. The van der Waals surface area contributed by atoms with Crippen LogP contribution in [0.15, 0.2) is 29.2 Å². The third-order valence-corrected chi connectivity index (χ3v) is 4.64. The summed E-state index contributed by atoms with van der Waals surface area (Å²) in [6.45, 7) is 3.32. The van der Waals surface area contributed by atoms with Crippen LogP contribution in [0.25, 0.3) is 0 Å². The highest BCUT2D eigenvalue weighted by atomic mass is 32.2. The molecule has 1 aliphatic rings. The lowest BCUT2D eigenvalue weighted by molar-refractivity contribution is 0.0661. The minimum Gasteiger partial charge on any atom is -0.337 e. The normalized spacial score (nSPS) is 23.6. The molecule has 0 saturated carbocycles. The van der Waals surface area contributed by atoms with Crippen molar-refractivity contribution in [2.24, 2.45) is 11.7 Å². The number of likely N-dealkylation sites (tertiary alicyclic amines) is 1. The molecule has 1 aliphatic heterocycles. The Bertz CT molecular complexity index is 585. The molecule has 1 fully saturated rings. The summed E-state index contributed by atoms with van der Waals surface area (Å²) in [6.07, 6.45) is 2.08.